The third-order valence-electron chi connectivity index (χ3n) is 2.56. The summed E-state index contributed by atoms with van der Waals surface area (Å²) in [4.78, 5) is 0. The average Bonchev–Trinajstić information content (AvgIpc) is 2.74. The molecule has 0 N–H and O–H groups in total. The van der Waals surface area contributed by atoms with Gasteiger partial charge in [0.2, 0.25) is 6.79 Å². The molecule has 2 aliphatic rings. The maximum absolute atomic E-state index is 5.35. The van der Waals surface area contributed by atoms with Crippen molar-refractivity contribution in [2.24, 2.45) is 0 Å². The van der Waals surface area contributed by atoms with Crippen molar-refractivity contribution in [2.75, 3.05) is 13.4 Å². The standard InChI is InChI=1S/C10H10O3/c1-10(5-13-10)7-2-3-8-9(4-7)12-6-11-8/h2-4H,5-6H2,1H3. The summed E-state index contributed by atoms with van der Waals surface area (Å²) in [6, 6.07) is 5.96. The molecule has 0 saturated carbocycles. The molecule has 0 radical (unpaired) electrons. The van der Waals surface area contributed by atoms with Crippen LogP contribution in [0, 0.1) is 0 Å². The zero-order valence-corrected chi connectivity index (χ0v) is 7.37. The summed E-state index contributed by atoms with van der Waals surface area (Å²) in [7, 11) is 0. The van der Waals surface area contributed by atoms with Crippen molar-refractivity contribution in [1.82, 2.24) is 0 Å². The molecule has 1 unspecified atom stereocenters. The molecule has 0 amide bonds. The van der Waals surface area contributed by atoms with Crippen LogP contribution in [-0.2, 0) is 10.3 Å². The van der Waals surface area contributed by atoms with E-state index in [0.717, 1.165) is 23.7 Å². The summed E-state index contributed by atoms with van der Waals surface area (Å²) in [6.07, 6.45) is 0. The molecule has 13 heavy (non-hydrogen) atoms. The lowest BCUT2D eigenvalue weighted by atomic mass is 10.0. The van der Waals surface area contributed by atoms with Crippen molar-refractivity contribution in [1.29, 1.82) is 0 Å². The Morgan fingerprint density at radius 2 is 2.00 bits per heavy atom. The van der Waals surface area contributed by atoms with Crippen molar-refractivity contribution in [3.63, 3.8) is 0 Å². The molecule has 3 nitrogen and oxygen atoms in total. The highest BCUT2D eigenvalue weighted by molar-refractivity contribution is 5.46. The van der Waals surface area contributed by atoms with Crippen molar-refractivity contribution in [3.8, 4) is 11.5 Å². The maximum Gasteiger partial charge on any atom is 0.231 e. The van der Waals surface area contributed by atoms with Crippen LogP contribution >= 0.6 is 0 Å². The molecular weight excluding hydrogens is 168 g/mol. The van der Waals surface area contributed by atoms with E-state index in [9.17, 15) is 0 Å². The predicted molar refractivity (Wildman–Crippen MR) is 45.9 cm³/mol. The molecule has 0 aromatic heterocycles. The van der Waals surface area contributed by atoms with Crippen LogP contribution in [0.5, 0.6) is 11.5 Å². The molecule has 1 saturated heterocycles. The molecule has 0 aliphatic carbocycles. The number of ether oxygens (including phenoxy) is 3. The Kier molecular flexibility index (Phi) is 1.21. The minimum Gasteiger partial charge on any atom is -0.454 e. The Bertz CT molecular complexity index is 355. The van der Waals surface area contributed by atoms with E-state index < -0.39 is 0 Å². The van der Waals surface area contributed by atoms with Gasteiger partial charge in [-0.1, -0.05) is 6.07 Å². The zero-order chi connectivity index (χ0) is 8.89. The second-order valence-electron chi connectivity index (χ2n) is 3.59. The summed E-state index contributed by atoms with van der Waals surface area (Å²) in [5.41, 5.74) is 1.08. The second kappa shape index (κ2) is 2.17. The molecule has 68 valence electrons. The summed E-state index contributed by atoms with van der Waals surface area (Å²) in [5.74, 6) is 1.65. The van der Waals surface area contributed by atoms with Gasteiger partial charge in [-0.05, 0) is 24.6 Å². The maximum atomic E-state index is 5.35. The first-order valence-corrected chi connectivity index (χ1v) is 4.32. The van der Waals surface area contributed by atoms with Crippen LogP contribution in [0.3, 0.4) is 0 Å². The largest absolute Gasteiger partial charge is 0.454 e. The van der Waals surface area contributed by atoms with Crippen molar-refractivity contribution >= 4 is 0 Å². The van der Waals surface area contributed by atoms with Crippen LogP contribution in [0.2, 0.25) is 0 Å². The molecule has 3 rings (SSSR count). The predicted octanol–water partition coefficient (Wildman–Crippen LogP) is 1.66. The number of benzene rings is 1. The van der Waals surface area contributed by atoms with E-state index in [-0.39, 0.29) is 5.60 Å². The van der Waals surface area contributed by atoms with Crippen LogP contribution in [-0.4, -0.2) is 13.4 Å². The molecule has 0 spiro atoms. The Hall–Kier alpha value is -1.22. The molecule has 1 aromatic rings. The van der Waals surface area contributed by atoms with Gasteiger partial charge in [-0.25, -0.2) is 0 Å². The van der Waals surface area contributed by atoms with Gasteiger partial charge in [0.1, 0.15) is 5.60 Å². The van der Waals surface area contributed by atoms with Gasteiger partial charge in [0.15, 0.2) is 11.5 Å². The lowest BCUT2D eigenvalue weighted by molar-refractivity contribution is 0.174. The van der Waals surface area contributed by atoms with Crippen LogP contribution < -0.4 is 9.47 Å². The fraction of sp³-hybridized carbons (Fsp3) is 0.400. The minimum absolute atomic E-state index is 0.0824. The molecule has 1 aromatic carbocycles. The average molecular weight is 178 g/mol. The molecule has 2 aliphatic heterocycles. The highest BCUT2D eigenvalue weighted by atomic mass is 16.7. The van der Waals surface area contributed by atoms with Crippen LogP contribution in [0.4, 0.5) is 0 Å². The third kappa shape index (κ3) is 1.00. The summed E-state index contributed by atoms with van der Waals surface area (Å²) >= 11 is 0. The smallest absolute Gasteiger partial charge is 0.231 e. The van der Waals surface area contributed by atoms with Gasteiger partial charge in [0.25, 0.3) is 0 Å². The van der Waals surface area contributed by atoms with Gasteiger partial charge in [-0.2, -0.15) is 0 Å². The first-order valence-electron chi connectivity index (χ1n) is 4.32. The number of hydrogen-bond acceptors (Lipinski definition) is 3. The SMILES string of the molecule is CC1(c2ccc3c(c2)OCO3)CO1. The lowest BCUT2D eigenvalue weighted by Gasteiger charge is -2.05. The number of hydrogen-bond donors (Lipinski definition) is 0. The molecule has 3 heteroatoms. The summed E-state index contributed by atoms with van der Waals surface area (Å²) < 4.78 is 15.9. The first kappa shape index (κ1) is 7.21. The summed E-state index contributed by atoms with van der Waals surface area (Å²) in [5, 5.41) is 0. The van der Waals surface area contributed by atoms with Gasteiger partial charge in [-0.15, -0.1) is 0 Å². The third-order valence-corrected chi connectivity index (χ3v) is 2.56. The highest BCUT2D eigenvalue weighted by Crippen LogP contribution is 2.42. The van der Waals surface area contributed by atoms with E-state index in [0.29, 0.717) is 6.79 Å². The Labute approximate surface area is 76.2 Å². The quantitative estimate of drug-likeness (QED) is 0.613. The first-order chi connectivity index (χ1) is 6.28. The number of rotatable bonds is 1. The van der Waals surface area contributed by atoms with Crippen LogP contribution in [0.15, 0.2) is 18.2 Å². The van der Waals surface area contributed by atoms with Gasteiger partial charge in [0, 0.05) is 0 Å². The topological polar surface area (TPSA) is 31.0 Å². The van der Waals surface area contributed by atoms with E-state index in [1.807, 2.05) is 18.2 Å². The minimum atomic E-state index is -0.0824. The van der Waals surface area contributed by atoms with E-state index >= 15 is 0 Å². The lowest BCUT2D eigenvalue weighted by Crippen LogP contribution is -2.01. The monoisotopic (exact) mass is 178 g/mol. The van der Waals surface area contributed by atoms with Crippen molar-refractivity contribution < 1.29 is 14.2 Å². The van der Waals surface area contributed by atoms with Crippen LogP contribution in [0.25, 0.3) is 0 Å². The van der Waals surface area contributed by atoms with Gasteiger partial charge < -0.3 is 14.2 Å². The second-order valence-corrected chi connectivity index (χ2v) is 3.59. The van der Waals surface area contributed by atoms with E-state index in [2.05, 4.69) is 6.92 Å². The normalized spacial score (nSPS) is 29.0. The van der Waals surface area contributed by atoms with Gasteiger partial charge >= 0.3 is 0 Å². The highest BCUT2D eigenvalue weighted by Gasteiger charge is 2.41. The van der Waals surface area contributed by atoms with E-state index in [4.69, 9.17) is 14.2 Å². The molecule has 1 fully saturated rings. The Morgan fingerprint density at radius 1 is 1.23 bits per heavy atom. The van der Waals surface area contributed by atoms with E-state index in [1.165, 1.54) is 0 Å². The fourth-order valence-corrected chi connectivity index (χ4v) is 1.50. The Morgan fingerprint density at radius 3 is 2.77 bits per heavy atom. The number of epoxide rings is 1. The van der Waals surface area contributed by atoms with Crippen LogP contribution in [0.1, 0.15) is 12.5 Å². The van der Waals surface area contributed by atoms with Gasteiger partial charge in [0.05, 0.1) is 6.61 Å². The van der Waals surface area contributed by atoms with E-state index in [1.54, 1.807) is 0 Å². The van der Waals surface area contributed by atoms with Crippen molar-refractivity contribution in [2.45, 2.75) is 12.5 Å². The zero-order valence-electron chi connectivity index (χ0n) is 7.37. The molecule has 1 atom stereocenters. The van der Waals surface area contributed by atoms with Crippen molar-refractivity contribution in [3.05, 3.63) is 23.8 Å². The number of fused-ring (bicyclic) bond motifs is 1. The fourth-order valence-electron chi connectivity index (χ4n) is 1.50. The van der Waals surface area contributed by atoms with Gasteiger partial charge in [-0.3, -0.25) is 0 Å². The Balaban J connectivity index is 2.05. The summed E-state index contributed by atoms with van der Waals surface area (Å²) in [6.45, 7) is 3.20. The molecule has 2 heterocycles. The molecule has 0 bridgehead atoms. The molecular formula is C10H10O3.